The van der Waals surface area contributed by atoms with Crippen molar-refractivity contribution in [1.82, 2.24) is 9.80 Å². The Morgan fingerprint density at radius 1 is 1.11 bits per heavy atom. The monoisotopic (exact) mass is 382 g/mol. The van der Waals surface area contributed by atoms with E-state index in [1.54, 1.807) is 11.8 Å². The Kier molecular flexibility index (Phi) is 5.81. The van der Waals surface area contributed by atoms with Crippen molar-refractivity contribution in [2.45, 2.75) is 35.8 Å². The molecule has 1 unspecified atom stereocenters. The van der Waals surface area contributed by atoms with Gasteiger partial charge in [-0.25, -0.2) is 0 Å². The molecule has 0 saturated carbocycles. The summed E-state index contributed by atoms with van der Waals surface area (Å²) >= 11 is 1.63. The number of thioether (sulfide) groups is 1. The molecule has 142 valence electrons. The molecule has 5 heteroatoms. The van der Waals surface area contributed by atoms with E-state index in [0.717, 1.165) is 31.1 Å². The van der Waals surface area contributed by atoms with E-state index < -0.39 is 0 Å². The van der Waals surface area contributed by atoms with Gasteiger partial charge < -0.3 is 9.64 Å². The molecule has 0 aliphatic carbocycles. The lowest BCUT2D eigenvalue weighted by Gasteiger charge is -2.36. The number of fused-ring (bicyclic) bond motifs is 1. The summed E-state index contributed by atoms with van der Waals surface area (Å²) in [4.78, 5) is 18.6. The third-order valence-corrected chi connectivity index (χ3v) is 6.46. The van der Waals surface area contributed by atoms with E-state index in [1.807, 2.05) is 36.1 Å². The molecule has 2 fully saturated rings. The molecule has 0 N–H and O–H groups in total. The Hall–Kier alpha value is -1.82. The molecular formula is C22H26N2O2S. The molecule has 0 radical (unpaired) electrons. The number of hydrogen-bond donors (Lipinski definition) is 0. The first kappa shape index (κ1) is 18.5. The molecule has 0 bridgehead atoms. The molecule has 1 amide bonds. The molecule has 2 saturated heterocycles. The number of rotatable bonds is 5. The van der Waals surface area contributed by atoms with Crippen LogP contribution in [-0.2, 0) is 16.1 Å². The first-order valence-electron chi connectivity index (χ1n) is 9.61. The molecule has 2 aliphatic rings. The van der Waals surface area contributed by atoms with Gasteiger partial charge in [0.15, 0.2) is 0 Å². The number of hydrogen-bond acceptors (Lipinski definition) is 4. The highest BCUT2D eigenvalue weighted by molar-refractivity contribution is 8.00. The van der Waals surface area contributed by atoms with Crippen LogP contribution in [0, 0.1) is 0 Å². The van der Waals surface area contributed by atoms with Crippen LogP contribution in [0.15, 0.2) is 65.6 Å². The molecule has 4 nitrogen and oxygen atoms in total. The van der Waals surface area contributed by atoms with E-state index in [1.165, 1.54) is 5.56 Å². The summed E-state index contributed by atoms with van der Waals surface area (Å²) in [5, 5.41) is -0.0878. The van der Waals surface area contributed by atoms with Crippen molar-refractivity contribution in [2.24, 2.45) is 0 Å². The molecule has 2 aromatic carbocycles. The summed E-state index contributed by atoms with van der Waals surface area (Å²) < 4.78 is 6.01. The van der Waals surface area contributed by atoms with Gasteiger partial charge in [0.25, 0.3) is 0 Å². The first-order chi connectivity index (χ1) is 13.2. The minimum absolute atomic E-state index is 0.0878. The Balaban J connectivity index is 1.39. The van der Waals surface area contributed by atoms with Crippen LogP contribution in [0.4, 0.5) is 0 Å². The molecular weight excluding hydrogens is 356 g/mol. The van der Waals surface area contributed by atoms with Crippen LogP contribution in [-0.4, -0.2) is 59.3 Å². The maximum absolute atomic E-state index is 13.0. The second kappa shape index (κ2) is 8.46. The number of carbonyl (C=O) groups is 1. The van der Waals surface area contributed by atoms with Crippen LogP contribution in [0.25, 0.3) is 0 Å². The predicted octanol–water partition coefficient (Wildman–Crippen LogP) is 3.28. The van der Waals surface area contributed by atoms with Crippen LogP contribution >= 0.6 is 11.8 Å². The van der Waals surface area contributed by atoms with Gasteiger partial charge in [-0.05, 0) is 24.6 Å². The molecule has 0 aromatic heterocycles. The van der Waals surface area contributed by atoms with E-state index in [0.29, 0.717) is 6.54 Å². The van der Waals surface area contributed by atoms with Gasteiger partial charge in [-0.1, -0.05) is 48.5 Å². The first-order valence-corrected chi connectivity index (χ1v) is 10.5. The van der Waals surface area contributed by atoms with E-state index in [4.69, 9.17) is 4.74 Å². The largest absolute Gasteiger partial charge is 0.373 e. The maximum atomic E-state index is 13.0. The number of ether oxygens (including phenoxy) is 1. The summed E-state index contributed by atoms with van der Waals surface area (Å²) in [5.74, 6) is 0.210. The maximum Gasteiger partial charge on any atom is 0.235 e. The summed E-state index contributed by atoms with van der Waals surface area (Å²) in [6, 6.07) is 21.0. The number of likely N-dealkylation sites (tertiary alicyclic amines) is 1. The van der Waals surface area contributed by atoms with Crippen LogP contribution in [0.1, 0.15) is 12.5 Å². The highest BCUT2D eigenvalue weighted by atomic mass is 32.2. The number of carbonyl (C=O) groups excluding carboxylic acids is 1. The molecule has 4 rings (SSSR count). The second-order valence-corrected chi connectivity index (χ2v) is 8.66. The average Bonchev–Trinajstić information content (AvgIpc) is 3.14. The summed E-state index contributed by atoms with van der Waals surface area (Å²) in [6.07, 6.45) is 0.125. The molecule has 2 heterocycles. The van der Waals surface area contributed by atoms with Crippen molar-refractivity contribution >= 4 is 17.7 Å². The fourth-order valence-electron chi connectivity index (χ4n) is 3.96. The standard InChI is InChI=1S/C22H26N2O2S/c1-17(27-19-10-6-3-7-11-19)22(25)24-15-20-21(16-24)26-13-12-23(20)14-18-8-4-2-5-9-18/h2-11,17,20-21H,12-16H2,1H3/t17?,20-,21+/m1/s1. The SMILES string of the molecule is CC(Sc1ccccc1)C(=O)N1C[C@@H]2OCCN(Cc3ccccc3)[C@@H]2C1. The van der Waals surface area contributed by atoms with Crippen molar-refractivity contribution in [3.05, 3.63) is 66.2 Å². The fraction of sp³-hybridized carbons (Fsp3) is 0.409. The van der Waals surface area contributed by atoms with Gasteiger partial charge >= 0.3 is 0 Å². The minimum atomic E-state index is -0.0878. The van der Waals surface area contributed by atoms with E-state index in [9.17, 15) is 4.79 Å². The van der Waals surface area contributed by atoms with Gasteiger partial charge in [-0.15, -0.1) is 11.8 Å². The van der Waals surface area contributed by atoms with Crippen molar-refractivity contribution in [1.29, 1.82) is 0 Å². The second-order valence-electron chi connectivity index (χ2n) is 7.25. The highest BCUT2D eigenvalue weighted by Crippen LogP contribution is 2.29. The zero-order valence-electron chi connectivity index (χ0n) is 15.7. The lowest BCUT2D eigenvalue weighted by atomic mass is 10.1. The lowest BCUT2D eigenvalue weighted by Crippen LogP contribution is -2.50. The predicted molar refractivity (Wildman–Crippen MR) is 109 cm³/mol. The Labute approximate surface area is 165 Å². The van der Waals surface area contributed by atoms with Crippen molar-refractivity contribution < 1.29 is 9.53 Å². The zero-order valence-corrected chi connectivity index (χ0v) is 16.5. The van der Waals surface area contributed by atoms with Gasteiger partial charge in [-0.3, -0.25) is 9.69 Å². The van der Waals surface area contributed by atoms with Gasteiger partial charge in [0.1, 0.15) is 0 Å². The normalized spacial score (nSPS) is 23.8. The Bertz CT molecular complexity index is 755. The quantitative estimate of drug-likeness (QED) is 0.743. The lowest BCUT2D eigenvalue weighted by molar-refractivity contribution is -0.129. The highest BCUT2D eigenvalue weighted by Gasteiger charge is 2.42. The fourth-order valence-corrected chi connectivity index (χ4v) is 4.94. The molecule has 2 aliphatic heterocycles. The van der Waals surface area contributed by atoms with Crippen molar-refractivity contribution in [3.63, 3.8) is 0 Å². The van der Waals surface area contributed by atoms with Crippen LogP contribution in [0.3, 0.4) is 0 Å². The number of amides is 1. The van der Waals surface area contributed by atoms with Gasteiger partial charge in [0, 0.05) is 31.1 Å². The minimum Gasteiger partial charge on any atom is -0.373 e. The molecule has 27 heavy (non-hydrogen) atoms. The summed E-state index contributed by atoms with van der Waals surface area (Å²) in [6.45, 7) is 6.05. The van der Waals surface area contributed by atoms with Crippen LogP contribution < -0.4 is 0 Å². The van der Waals surface area contributed by atoms with E-state index in [2.05, 4.69) is 41.3 Å². The van der Waals surface area contributed by atoms with E-state index >= 15 is 0 Å². The van der Waals surface area contributed by atoms with Crippen molar-refractivity contribution in [3.8, 4) is 0 Å². The Morgan fingerprint density at radius 2 is 1.81 bits per heavy atom. The number of benzene rings is 2. The summed E-state index contributed by atoms with van der Waals surface area (Å²) in [7, 11) is 0. The molecule has 2 aromatic rings. The van der Waals surface area contributed by atoms with Crippen LogP contribution in [0.5, 0.6) is 0 Å². The third kappa shape index (κ3) is 4.37. The Morgan fingerprint density at radius 3 is 2.56 bits per heavy atom. The zero-order chi connectivity index (χ0) is 18.6. The average molecular weight is 383 g/mol. The third-order valence-electron chi connectivity index (χ3n) is 5.36. The van der Waals surface area contributed by atoms with Crippen molar-refractivity contribution in [2.75, 3.05) is 26.2 Å². The molecule has 0 spiro atoms. The van der Waals surface area contributed by atoms with Gasteiger partial charge in [-0.2, -0.15) is 0 Å². The smallest absolute Gasteiger partial charge is 0.235 e. The van der Waals surface area contributed by atoms with Crippen LogP contribution in [0.2, 0.25) is 0 Å². The number of morpholine rings is 1. The molecule has 3 atom stereocenters. The summed E-state index contributed by atoms with van der Waals surface area (Å²) in [5.41, 5.74) is 1.32. The van der Waals surface area contributed by atoms with Gasteiger partial charge in [0.05, 0.1) is 24.0 Å². The van der Waals surface area contributed by atoms with E-state index in [-0.39, 0.29) is 23.3 Å². The van der Waals surface area contributed by atoms with Gasteiger partial charge in [0.2, 0.25) is 5.91 Å². The number of nitrogens with zero attached hydrogens (tertiary/aromatic N) is 2. The topological polar surface area (TPSA) is 32.8 Å².